The Labute approximate surface area is 243 Å². The molecule has 4 amide bonds. The topological polar surface area (TPSA) is 74.8 Å². The summed E-state index contributed by atoms with van der Waals surface area (Å²) < 4.78 is 13.6. The van der Waals surface area contributed by atoms with Crippen LogP contribution in [-0.2, 0) is 19.2 Å². The Hall–Kier alpha value is -2.87. The second kappa shape index (κ2) is 9.46. The molecule has 1 aliphatic carbocycles. The van der Waals surface area contributed by atoms with Crippen LogP contribution in [0.15, 0.2) is 72.8 Å². The van der Waals surface area contributed by atoms with Crippen molar-refractivity contribution in [2.24, 2.45) is 23.7 Å². The van der Waals surface area contributed by atoms with E-state index < -0.39 is 35.5 Å². The Bertz CT molecular complexity index is 1340. The molecule has 5 unspecified atom stereocenters. The van der Waals surface area contributed by atoms with Gasteiger partial charge in [0.25, 0.3) is 0 Å². The third kappa shape index (κ3) is 3.87. The number of aryl methyl sites for hydroxylation is 1. The van der Waals surface area contributed by atoms with Gasteiger partial charge in [0.05, 0.1) is 29.4 Å². The van der Waals surface area contributed by atoms with Crippen molar-refractivity contribution in [2.75, 3.05) is 11.9 Å². The smallest absolute Gasteiger partial charge is 0.238 e. The standard InChI is InChI=1S/C29H23FN2O4.Ar/c1-15-3-5-16(6-4-15)21(17-7-11-19(30)12-8-17)18-9-13-20(14-10-18)32-28(35)24-22-23(25(24)29(32)36)27(34)31(2)26(22)33;/h3-14,21-25H,1-2H3;. The monoisotopic (exact) mass is 522 g/mol. The van der Waals surface area contributed by atoms with Gasteiger partial charge in [-0.15, -0.1) is 0 Å². The zero-order valence-corrected chi connectivity index (χ0v) is 20.8. The quantitative estimate of drug-likeness (QED) is 0.387. The number of halogens is 1. The minimum absolute atomic E-state index is 0. The largest absolute Gasteiger partial charge is 0.285 e. The van der Waals surface area contributed by atoms with Crippen LogP contribution in [0.1, 0.15) is 28.2 Å². The van der Waals surface area contributed by atoms with Crippen molar-refractivity contribution in [1.29, 1.82) is 0 Å². The van der Waals surface area contributed by atoms with E-state index in [4.69, 9.17) is 0 Å². The summed E-state index contributed by atoms with van der Waals surface area (Å²) in [6.07, 6.45) is 0. The Morgan fingerprint density at radius 3 is 1.46 bits per heavy atom. The molecule has 0 radical (unpaired) electrons. The number of hydrogen-bond donors (Lipinski definition) is 0. The molecule has 3 aromatic rings. The van der Waals surface area contributed by atoms with Gasteiger partial charge < -0.3 is 0 Å². The number of anilines is 1. The van der Waals surface area contributed by atoms with Crippen molar-refractivity contribution in [1.82, 2.24) is 4.90 Å². The van der Waals surface area contributed by atoms with E-state index in [0.717, 1.165) is 32.1 Å². The second-order valence-electron chi connectivity index (χ2n) is 9.84. The number of imide groups is 2. The number of hydrogen-bond acceptors (Lipinski definition) is 4. The third-order valence-electron chi connectivity index (χ3n) is 7.89. The normalized spacial score (nSPS) is 24.9. The van der Waals surface area contributed by atoms with Crippen LogP contribution >= 0.6 is 0 Å². The Morgan fingerprint density at radius 2 is 1.00 bits per heavy atom. The van der Waals surface area contributed by atoms with Crippen LogP contribution in [0.25, 0.3) is 0 Å². The van der Waals surface area contributed by atoms with E-state index >= 15 is 0 Å². The van der Waals surface area contributed by atoms with Gasteiger partial charge in [0.2, 0.25) is 23.6 Å². The van der Waals surface area contributed by atoms with E-state index in [2.05, 4.69) is 0 Å². The summed E-state index contributed by atoms with van der Waals surface area (Å²) in [6.45, 7) is 2.01. The first kappa shape index (κ1) is 25.8. The van der Waals surface area contributed by atoms with Crippen LogP contribution < -0.4 is 4.90 Å². The van der Waals surface area contributed by atoms with Gasteiger partial charge in [0.1, 0.15) is 5.82 Å². The Balaban J connectivity index is 0.00000280. The molecule has 37 heavy (non-hydrogen) atoms. The molecule has 3 aliphatic rings. The summed E-state index contributed by atoms with van der Waals surface area (Å²) in [4.78, 5) is 53.4. The van der Waals surface area contributed by atoms with Crippen LogP contribution in [0.2, 0.25) is 0 Å². The fraction of sp³-hybridized carbons (Fsp3) is 0.241. The molecule has 2 heterocycles. The number of carbonyl (C=O) groups excluding carboxylic acids is 4. The van der Waals surface area contributed by atoms with Crippen molar-refractivity contribution in [3.05, 3.63) is 101 Å². The van der Waals surface area contributed by atoms with Gasteiger partial charge in [-0.1, -0.05) is 54.1 Å². The number of benzene rings is 3. The summed E-state index contributed by atoms with van der Waals surface area (Å²) in [5, 5.41) is 0. The maximum atomic E-state index is 13.6. The maximum absolute atomic E-state index is 13.6. The minimum Gasteiger partial charge on any atom is -0.285 e. The van der Waals surface area contributed by atoms with Crippen LogP contribution in [0.4, 0.5) is 10.1 Å². The van der Waals surface area contributed by atoms with Gasteiger partial charge in [-0.3, -0.25) is 29.0 Å². The molecule has 1 saturated carbocycles. The molecule has 3 aromatic carbocycles. The van der Waals surface area contributed by atoms with E-state index in [1.54, 1.807) is 24.3 Å². The number of rotatable bonds is 4. The molecule has 0 bridgehead atoms. The van der Waals surface area contributed by atoms with E-state index in [9.17, 15) is 23.6 Å². The molecule has 0 aromatic heterocycles. The fourth-order valence-electron chi connectivity index (χ4n) is 6.00. The average molecular weight is 522 g/mol. The Morgan fingerprint density at radius 1 is 0.622 bits per heavy atom. The van der Waals surface area contributed by atoms with Crippen LogP contribution in [0.5, 0.6) is 0 Å². The molecule has 3 fully saturated rings. The summed E-state index contributed by atoms with van der Waals surface area (Å²) in [6, 6.07) is 21.6. The van der Waals surface area contributed by atoms with Gasteiger partial charge >= 0.3 is 0 Å². The number of amides is 4. The van der Waals surface area contributed by atoms with E-state index in [1.165, 1.54) is 19.2 Å². The molecule has 8 heteroatoms. The summed E-state index contributed by atoms with van der Waals surface area (Å²) in [7, 11) is 1.40. The van der Waals surface area contributed by atoms with Crippen molar-refractivity contribution in [2.45, 2.75) is 12.8 Å². The fourth-order valence-corrected chi connectivity index (χ4v) is 6.00. The third-order valence-corrected chi connectivity index (χ3v) is 7.89. The van der Waals surface area contributed by atoms with Gasteiger partial charge in [-0.25, -0.2) is 4.39 Å². The van der Waals surface area contributed by atoms with Crippen molar-refractivity contribution in [3.63, 3.8) is 0 Å². The first-order valence-corrected chi connectivity index (χ1v) is 11.9. The SMILES string of the molecule is Cc1ccc(C(c2ccc(F)cc2)c2ccc(N3C(=O)C4C5C(=O)N(C)C(=O)C5C4C3=O)cc2)cc1.[Ar]. The minimum atomic E-state index is -0.775. The molecule has 0 N–H and O–H groups in total. The van der Waals surface area contributed by atoms with Gasteiger partial charge in [0, 0.05) is 50.7 Å². The van der Waals surface area contributed by atoms with Crippen molar-refractivity contribution in [3.8, 4) is 0 Å². The molecule has 2 saturated heterocycles. The second-order valence-corrected chi connectivity index (χ2v) is 9.84. The molecule has 2 aliphatic heterocycles. The van der Waals surface area contributed by atoms with E-state index in [1.807, 2.05) is 43.3 Å². The Kier molecular flexibility index (Phi) is 6.59. The number of nitrogens with zero attached hydrogens (tertiary/aromatic N) is 2. The zero-order valence-electron chi connectivity index (χ0n) is 20.1. The summed E-state index contributed by atoms with van der Waals surface area (Å²) >= 11 is 0. The molecule has 6 nitrogen and oxygen atoms in total. The van der Waals surface area contributed by atoms with Crippen LogP contribution in [-0.4, -0.2) is 35.6 Å². The molecular formula is C29H23ArFN2O4. The molecule has 0 spiro atoms. The maximum Gasteiger partial charge on any atom is 0.238 e. The summed E-state index contributed by atoms with van der Waals surface area (Å²) in [5.74, 6) is -5.14. The van der Waals surface area contributed by atoms with Gasteiger partial charge in [-0.2, -0.15) is 0 Å². The number of carbonyl (C=O) groups is 4. The predicted octanol–water partition coefficient (Wildman–Crippen LogP) is 3.66. The molecule has 5 atom stereocenters. The van der Waals surface area contributed by atoms with Crippen molar-refractivity contribution < 1.29 is 61.3 Å². The van der Waals surface area contributed by atoms with E-state index in [0.29, 0.717) is 5.69 Å². The van der Waals surface area contributed by atoms with Gasteiger partial charge in [0.15, 0.2) is 0 Å². The number of likely N-dealkylation sites (tertiary alicyclic amines) is 1. The first-order valence-electron chi connectivity index (χ1n) is 11.9. The molecule has 6 rings (SSSR count). The van der Waals surface area contributed by atoms with Gasteiger partial charge in [-0.05, 0) is 47.9 Å². The van der Waals surface area contributed by atoms with Crippen molar-refractivity contribution >= 4 is 29.3 Å². The predicted molar refractivity (Wildman–Crippen MR) is 129 cm³/mol. The zero-order chi connectivity index (χ0) is 25.3. The van der Waals surface area contributed by atoms with E-state index in [-0.39, 0.29) is 61.3 Å². The molecular weight excluding hydrogens is 499 g/mol. The van der Waals surface area contributed by atoms with Crippen LogP contribution in [0, 0.1) is 74.2 Å². The van der Waals surface area contributed by atoms with Crippen LogP contribution in [0.3, 0.4) is 0 Å². The summed E-state index contributed by atoms with van der Waals surface area (Å²) in [5.41, 5.74) is 4.39. The first-order chi connectivity index (χ1) is 17.3. The number of fused-ring (bicyclic) bond motifs is 4. The average Bonchev–Trinajstić information content (AvgIpc) is 3.16. The molecule has 188 valence electrons.